The molecule has 0 radical (unpaired) electrons. The van der Waals surface area contributed by atoms with Crippen LogP contribution < -0.4 is 14.8 Å². The van der Waals surface area contributed by atoms with Gasteiger partial charge in [-0.25, -0.2) is 0 Å². The summed E-state index contributed by atoms with van der Waals surface area (Å²) in [4.78, 5) is 26.0. The van der Waals surface area contributed by atoms with Crippen LogP contribution in [0.3, 0.4) is 0 Å². The summed E-state index contributed by atoms with van der Waals surface area (Å²) in [6, 6.07) is 11.9. The third-order valence-electron chi connectivity index (χ3n) is 6.26. The van der Waals surface area contributed by atoms with Crippen LogP contribution in [0.2, 0.25) is 0 Å². The van der Waals surface area contributed by atoms with E-state index in [1.165, 1.54) is 0 Å². The van der Waals surface area contributed by atoms with E-state index in [1.54, 1.807) is 0 Å². The summed E-state index contributed by atoms with van der Waals surface area (Å²) in [6.45, 7) is 6.14. The fraction of sp³-hybridized carbons (Fsp3) is 0.462. The maximum Gasteiger partial charge on any atom is 0.224 e. The molecule has 1 N–H and O–H groups in total. The molecule has 2 aliphatic heterocycles. The van der Waals surface area contributed by atoms with Gasteiger partial charge in [-0.15, -0.1) is 0 Å². The van der Waals surface area contributed by atoms with Crippen molar-refractivity contribution in [2.24, 2.45) is 0 Å². The lowest BCUT2D eigenvalue weighted by Gasteiger charge is -2.33. The molecule has 0 unspecified atom stereocenters. The number of carbonyl (C=O) groups excluding carboxylic acids is 2. The summed E-state index contributed by atoms with van der Waals surface area (Å²) >= 11 is 0. The van der Waals surface area contributed by atoms with Gasteiger partial charge in [-0.2, -0.15) is 0 Å². The second-order valence-corrected chi connectivity index (χ2v) is 8.74. The highest BCUT2D eigenvalue weighted by atomic mass is 16.5. The monoisotopic (exact) mass is 436 g/mol. The first-order valence-electron chi connectivity index (χ1n) is 11.6. The van der Waals surface area contributed by atoms with E-state index in [0.717, 1.165) is 66.2 Å². The van der Waals surface area contributed by atoms with Crippen molar-refractivity contribution in [1.82, 2.24) is 4.90 Å². The SMILES string of the molecule is Cc1cccc(C)c1OC1CCN(C(=O)CCCOc2ccc3c(c2)CCC(=O)N3)CC1. The van der Waals surface area contributed by atoms with E-state index < -0.39 is 0 Å². The lowest BCUT2D eigenvalue weighted by molar-refractivity contribution is -0.133. The molecule has 170 valence electrons. The van der Waals surface area contributed by atoms with Crippen molar-refractivity contribution >= 4 is 17.5 Å². The van der Waals surface area contributed by atoms with Crippen molar-refractivity contribution in [2.75, 3.05) is 25.0 Å². The zero-order valence-corrected chi connectivity index (χ0v) is 19.0. The lowest BCUT2D eigenvalue weighted by Crippen LogP contribution is -2.41. The minimum atomic E-state index is 0.0607. The van der Waals surface area contributed by atoms with Gasteiger partial charge in [-0.05, 0) is 61.6 Å². The molecule has 1 saturated heterocycles. The predicted octanol–water partition coefficient (Wildman–Crippen LogP) is 4.42. The summed E-state index contributed by atoms with van der Waals surface area (Å²) in [5.74, 6) is 2.02. The Hall–Kier alpha value is -3.02. The number of nitrogens with zero attached hydrogens (tertiary/aromatic N) is 1. The molecule has 0 spiro atoms. The van der Waals surface area contributed by atoms with Crippen molar-refractivity contribution in [2.45, 2.75) is 58.5 Å². The number of amides is 2. The van der Waals surface area contributed by atoms with Crippen molar-refractivity contribution < 1.29 is 19.1 Å². The normalized spacial score (nSPS) is 16.3. The van der Waals surface area contributed by atoms with Gasteiger partial charge in [0.25, 0.3) is 0 Å². The number of likely N-dealkylation sites (tertiary alicyclic amines) is 1. The number of hydrogen-bond donors (Lipinski definition) is 1. The molecule has 0 bridgehead atoms. The predicted molar refractivity (Wildman–Crippen MR) is 124 cm³/mol. The number of carbonyl (C=O) groups is 2. The fourth-order valence-electron chi connectivity index (χ4n) is 4.40. The van der Waals surface area contributed by atoms with Gasteiger partial charge in [0.1, 0.15) is 17.6 Å². The van der Waals surface area contributed by atoms with Crippen LogP contribution >= 0.6 is 0 Å². The van der Waals surface area contributed by atoms with E-state index >= 15 is 0 Å². The van der Waals surface area contributed by atoms with Gasteiger partial charge in [0.05, 0.1) is 6.61 Å². The van der Waals surface area contributed by atoms with E-state index in [2.05, 4.69) is 31.3 Å². The smallest absolute Gasteiger partial charge is 0.224 e. The third-order valence-corrected chi connectivity index (χ3v) is 6.26. The number of ether oxygens (including phenoxy) is 2. The molecule has 0 aliphatic carbocycles. The van der Waals surface area contributed by atoms with Crippen LogP contribution in [0, 0.1) is 13.8 Å². The second kappa shape index (κ2) is 10.1. The minimum absolute atomic E-state index is 0.0607. The van der Waals surface area contributed by atoms with Gasteiger partial charge in [0.15, 0.2) is 0 Å². The van der Waals surface area contributed by atoms with Crippen molar-refractivity contribution in [1.29, 1.82) is 0 Å². The molecule has 0 aromatic heterocycles. The van der Waals surface area contributed by atoms with E-state index in [9.17, 15) is 9.59 Å². The summed E-state index contributed by atoms with van der Waals surface area (Å²) in [5.41, 5.74) is 4.29. The first kappa shape index (κ1) is 22.2. The molecule has 2 aliphatic rings. The van der Waals surface area contributed by atoms with Crippen LogP contribution in [0.1, 0.15) is 48.8 Å². The molecule has 1 fully saturated rings. The summed E-state index contributed by atoms with van der Waals surface area (Å²) in [7, 11) is 0. The number of hydrogen-bond acceptors (Lipinski definition) is 4. The number of para-hydroxylation sites is 1. The molecule has 0 saturated carbocycles. The number of nitrogens with one attached hydrogen (secondary N) is 1. The summed E-state index contributed by atoms with van der Waals surface area (Å²) in [5, 5.41) is 2.87. The Morgan fingerprint density at radius 3 is 2.59 bits per heavy atom. The first-order chi connectivity index (χ1) is 15.5. The second-order valence-electron chi connectivity index (χ2n) is 8.74. The highest BCUT2D eigenvalue weighted by Crippen LogP contribution is 2.28. The number of benzene rings is 2. The van der Waals surface area contributed by atoms with E-state index in [-0.39, 0.29) is 17.9 Å². The van der Waals surface area contributed by atoms with Gasteiger partial charge >= 0.3 is 0 Å². The van der Waals surface area contributed by atoms with Gasteiger partial charge in [0, 0.05) is 44.5 Å². The maximum atomic E-state index is 12.6. The average Bonchev–Trinajstić information content (AvgIpc) is 2.79. The molecular weight excluding hydrogens is 404 g/mol. The Morgan fingerprint density at radius 2 is 1.84 bits per heavy atom. The van der Waals surface area contributed by atoms with Crippen molar-refractivity contribution in [3.8, 4) is 11.5 Å². The van der Waals surface area contributed by atoms with Gasteiger partial charge in [-0.3, -0.25) is 9.59 Å². The molecule has 2 amide bonds. The Bertz CT molecular complexity index is 960. The summed E-state index contributed by atoms with van der Waals surface area (Å²) in [6.07, 6.45) is 4.31. The molecule has 2 aromatic rings. The van der Waals surface area contributed by atoms with E-state index in [4.69, 9.17) is 9.47 Å². The number of rotatable bonds is 7. The largest absolute Gasteiger partial charge is 0.494 e. The standard InChI is InChI=1S/C26H32N2O4/c1-18-5-3-6-19(2)26(18)32-21-12-14-28(15-13-21)25(30)7-4-16-31-22-9-10-23-20(17-22)8-11-24(29)27-23/h3,5-6,9-10,17,21H,4,7-8,11-16H2,1-2H3,(H,27,29). The lowest BCUT2D eigenvalue weighted by atomic mass is 10.0. The van der Waals surface area contributed by atoms with Crippen LogP contribution in [0.4, 0.5) is 5.69 Å². The molecule has 6 nitrogen and oxygen atoms in total. The Kier molecular flexibility index (Phi) is 6.98. The van der Waals surface area contributed by atoms with Crippen LogP contribution in [0.15, 0.2) is 36.4 Å². The first-order valence-corrected chi connectivity index (χ1v) is 11.6. The molecule has 4 rings (SSSR count). The van der Waals surface area contributed by atoms with Crippen LogP contribution in [0.25, 0.3) is 0 Å². The Balaban J connectivity index is 1.17. The minimum Gasteiger partial charge on any atom is -0.494 e. The Labute approximate surface area is 189 Å². The molecule has 2 heterocycles. The highest BCUT2D eigenvalue weighted by molar-refractivity contribution is 5.94. The number of anilines is 1. The van der Waals surface area contributed by atoms with Crippen LogP contribution in [-0.4, -0.2) is 42.5 Å². The molecular formula is C26H32N2O4. The number of fused-ring (bicyclic) bond motifs is 1. The topological polar surface area (TPSA) is 67.9 Å². The summed E-state index contributed by atoms with van der Waals surface area (Å²) < 4.78 is 12.1. The van der Waals surface area contributed by atoms with Crippen LogP contribution in [0.5, 0.6) is 11.5 Å². The maximum absolute atomic E-state index is 12.6. The fourth-order valence-corrected chi connectivity index (χ4v) is 4.40. The van der Waals surface area contributed by atoms with E-state index in [1.807, 2.05) is 29.2 Å². The van der Waals surface area contributed by atoms with E-state index in [0.29, 0.717) is 25.9 Å². The molecule has 6 heteroatoms. The third kappa shape index (κ3) is 5.42. The highest BCUT2D eigenvalue weighted by Gasteiger charge is 2.24. The van der Waals surface area contributed by atoms with Gasteiger partial charge in [0.2, 0.25) is 11.8 Å². The van der Waals surface area contributed by atoms with Crippen molar-refractivity contribution in [3.05, 3.63) is 53.1 Å². The van der Waals surface area contributed by atoms with Crippen LogP contribution in [-0.2, 0) is 16.0 Å². The Morgan fingerprint density at radius 1 is 1.09 bits per heavy atom. The average molecular weight is 437 g/mol. The zero-order valence-electron chi connectivity index (χ0n) is 19.0. The van der Waals surface area contributed by atoms with Gasteiger partial charge in [-0.1, -0.05) is 18.2 Å². The zero-order chi connectivity index (χ0) is 22.5. The quantitative estimate of drug-likeness (QED) is 0.653. The molecule has 2 aromatic carbocycles. The molecule has 32 heavy (non-hydrogen) atoms. The number of aryl methyl sites for hydroxylation is 3. The number of piperidine rings is 1. The van der Waals surface area contributed by atoms with Gasteiger partial charge < -0.3 is 19.7 Å². The van der Waals surface area contributed by atoms with Crippen molar-refractivity contribution in [3.63, 3.8) is 0 Å². The molecule has 0 atom stereocenters.